The summed E-state index contributed by atoms with van der Waals surface area (Å²) in [6.45, 7) is 17.0. The molecule has 19 heavy (non-hydrogen) atoms. The third-order valence-corrected chi connectivity index (χ3v) is 3.74. The molecule has 0 unspecified atom stereocenters. The number of β-amino-alcohol motifs (C(OH)–C–C–N with tert-alkyl or cyclic N) is 1. The van der Waals surface area contributed by atoms with Gasteiger partial charge in [-0.25, -0.2) is 0 Å². The van der Waals surface area contributed by atoms with Gasteiger partial charge < -0.3 is 15.3 Å². The molecule has 0 aliphatic carbocycles. The van der Waals surface area contributed by atoms with E-state index in [4.69, 9.17) is 5.11 Å². The first-order valence-electron chi connectivity index (χ1n) is 7.72. The molecular weight excluding hydrogens is 238 g/mol. The summed E-state index contributed by atoms with van der Waals surface area (Å²) in [5.41, 5.74) is 0.316. The van der Waals surface area contributed by atoms with Crippen LogP contribution in [-0.2, 0) is 0 Å². The molecule has 1 heterocycles. The topological polar surface area (TPSA) is 38.7 Å². The standard InChI is InChI=1S/C15H33N3O/c1-14(2)16-12-15(3,4)13-18-7-5-6-17(8-9-18)10-11-19/h14,16,19H,5-13H2,1-4H3. The van der Waals surface area contributed by atoms with Gasteiger partial charge in [0, 0.05) is 38.8 Å². The molecule has 1 fully saturated rings. The molecule has 0 radical (unpaired) electrons. The smallest absolute Gasteiger partial charge is 0.0558 e. The summed E-state index contributed by atoms with van der Waals surface area (Å²) in [6, 6.07) is 0.559. The highest BCUT2D eigenvalue weighted by atomic mass is 16.3. The lowest BCUT2D eigenvalue weighted by Crippen LogP contribution is -2.43. The van der Waals surface area contributed by atoms with Gasteiger partial charge in [-0.1, -0.05) is 27.7 Å². The van der Waals surface area contributed by atoms with Crippen molar-refractivity contribution in [2.75, 3.05) is 52.4 Å². The molecule has 0 aromatic carbocycles. The van der Waals surface area contributed by atoms with Gasteiger partial charge in [-0.2, -0.15) is 0 Å². The molecular formula is C15H33N3O. The van der Waals surface area contributed by atoms with Crippen LogP contribution in [0.3, 0.4) is 0 Å². The summed E-state index contributed by atoms with van der Waals surface area (Å²) >= 11 is 0. The number of nitrogens with one attached hydrogen (secondary N) is 1. The average Bonchev–Trinajstić information content (AvgIpc) is 2.53. The van der Waals surface area contributed by atoms with Crippen LogP contribution < -0.4 is 5.32 Å². The fourth-order valence-corrected chi connectivity index (χ4v) is 2.69. The number of hydrogen-bond acceptors (Lipinski definition) is 4. The Hall–Kier alpha value is -0.160. The first-order valence-corrected chi connectivity index (χ1v) is 7.72. The van der Waals surface area contributed by atoms with Gasteiger partial charge in [-0.15, -0.1) is 0 Å². The molecule has 0 atom stereocenters. The summed E-state index contributed by atoms with van der Waals surface area (Å²) in [7, 11) is 0. The Morgan fingerprint density at radius 3 is 2.37 bits per heavy atom. The summed E-state index contributed by atoms with van der Waals surface area (Å²) < 4.78 is 0. The van der Waals surface area contributed by atoms with E-state index in [1.54, 1.807) is 0 Å². The molecule has 114 valence electrons. The number of aliphatic hydroxyl groups excluding tert-OH is 1. The Balaban J connectivity index is 2.35. The number of aliphatic hydroxyl groups is 1. The minimum atomic E-state index is 0.282. The summed E-state index contributed by atoms with van der Waals surface area (Å²) in [5.74, 6) is 0. The Bertz CT molecular complexity index is 244. The first kappa shape index (κ1) is 16.9. The Labute approximate surface area is 119 Å². The second kappa shape index (κ2) is 8.20. The lowest BCUT2D eigenvalue weighted by Gasteiger charge is -2.33. The maximum atomic E-state index is 9.02. The molecule has 4 nitrogen and oxygen atoms in total. The van der Waals surface area contributed by atoms with Crippen molar-refractivity contribution >= 4 is 0 Å². The zero-order chi connectivity index (χ0) is 14.3. The molecule has 1 aliphatic rings. The molecule has 2 N–H and O–H groups in total. The second-order valence-electron chi connectivity index (χ2n) is 6.89. The molecule has 0 bridgehead atoms. The number of rotatable bonds is 7. The lowest BCUT2D eigenvalue weighted by atomic mass is 9.92. The largest absolute Gasteiger partial charge is 0.395 e. The average molecular weight is 271 g/mol. The quantitative estimate of drug-likeness (QED) is 0.725. The minimum absolute atomic E-state index is 0.282. The van der Waals surface area contributed by atoms with E-state index in [9.17, 15) is 0 Å². The molecule has 1 aliphatic heterocycles. The Kier molecular flexibility index (Phi) is 7.29. The highest BCUT2D eigenvalue weighted by Gasteiger charge is 2.23. The maximum Gasteiger partial charge on any atom is 0.0558 e. The van der Waals surface area contributed by atoms with Crippen molar-refractivity contribution in [3.8, 4) is 0 Å². The second-order valence-corrected chi connectivity index (χ2v) is 6.89. The minimum Gasteiger partial charge on any atom is -0.395 e. The van der Waals surface area contributed by atoms with Gasteiger partial charge in [0.05, 0.1) is 6.61 Å². The monoisotopic (exact) mass is 271 g/mol. The molecule has 0 amide bonds. The summed E-state index contributed by atoms with van der Waals surface area (Å²) in [4.78, 5) is 4.96. The third-order valence-electron chi connectivity index (χ3n) is 3.74. The van der Waals surface area contributed by atoms with Gasteiger partial charge in [-0.3, -0.25) is 4.90 Å². The van der Waals surface area contributed by atoms with Crippen LogP contribution in [0.5, 0.6) is 0 Å². The van der Waals surface area contributed by atoms with E-state index >= 15 is 0 Å². The SMILES string of the molecule is CC(C)NCC(C)(C)CN1CCCN(CCO)CC1. The van der Waals surface area contributed by atoms with Gasteiger partial charge in [0.1, 0.15) is 0 Å². The maximum absolute atomic E-state index is 9.02. The normalized spacial score (nSPS) is 19.9. The van der Waals surface area contributed by atoms with Crippen LogP contribution >= 0.6 is 0 Å². The van der Waals surface area contributed by atoms with E-state index in [0.29, 0.717) is 11.5 Å². The van der Waals surface area contributed by atoms with Crippen molar-refractivity contribution in [1.82, 2.24) is 15.1 Å². The fraction of sp³-hybridized carbons (Fsp3) is 1.00. The van der Waals surface area contributed by atoms with Gasteiger partial charge in [0.2, 0.25) is 0 Å². The Morgan fingerprint density at radius 2 is 1.74 bits per heavy atom. The molecule has 1 rings (SSSR count). The van der Waals surface area contributed by atoms with Crippen molar-refractivity contribution in [3.63, 3.8) is 0 Å². The molecule has 0 spiro atoms. The molecule has 4 heteroatoms. The Morgan fingerprint density at radius 1 is 1.11 bits per heavy atom. The van der Waals surface area contributed by atoms with E-state index in [-0.39, 0.29) is 6.61 Å². The van der Waals surface area contributed by atoms with Crippen LogP contribution in [0, 0.1) is 5.41 Å². The van der Waals surface area contributed by atoms with Crippen molar-refractivity contribution in [2.24, 2.45) is 5.41 Å². The van der Waals surface area contributed by atoms with Gasteiger partial charge in [-0.05, 0) is 24.9 Å². The van der Waals surface area contributed by atoms with Crippen LogP contribution in [0.1, 0.15) is 34.1 Å². The third kappa shape index (κ3) is 7.25. The van der Waals surface area contributed by atoms with Gasteiger partial charge in [0.25, 0.3) is 0 Å². The van der Waals surface area contributed by atoms with Crippen molar-refractivity contribution < 1.29 is 5.11 Å². The molecule has 0 aromatic rings. The van der Waals surface area contributed by atoms with Crippen molar-refractivity contribution in [2.45, 2.75) is 40.2 Å². The number of nitrogens with zero attached hydrogens (tertiary/aromatic N) is 2. The van der Waals surface area contributed by atoms with E-state index < -0.39 is 0 Å². The fourth-order valence-electron chi connectivity index (χ4n) is 2.69. The predicted octanol–water partition coefficient (Wildman–Crippen LogP) is 1.01. The van der Waals surface area contributed by atoms with Crippen LogP contribution in [0.4, 0.5) is 0 Å². The summed E-state index contributed by atoms with van der Waals surface area (Å²) in [5, 5.41) is 12.6. The van der Waals surface area contributed by atoms with Crippen LogP contribution in [0.25, 0.3) is 0 Å². The molecule has 0 aromatic heterocycles. The van der Waals surface area contributed by atoms with E-state index in [2.05, 4.69) is 42.8 Å². The zero-order valence-electron chi connectivity index (χ0n) is 13.3. The van der Waals surface area contributed by atoms with Crippen LogP contribution in [0.15, 0.2) is 0 Å². The van der Waals surface area contributed by atoms with Gasteiger partial charge >= 0.3 is 0 Å². The van der Waals surface area contributed by atoms with E-state index in [1.807, 2.05) is 0 Å². The first-order chi connectivity index (χ1) is 8.93. The number of hydrogen-bond donors (Lipinski definition) is 2. The highest BCUT2D eigenvalue weighted by Crippen LogP contribution is 2.17. The predicted molar refractivity (Wildman–Crippen MR) is 81.5 cm³/mol. The van der Waals surface area contributed by atoms with E-state index in [1.165, 1.54) is 13.0 Å². The zero-order valence-corrected chi connectivity index (χ0v) is 13.3. The highest BCUT2D eigenvalue weighted by molar-refractivity contribution is 4.79. The molecule has 1 saturated heterocycles. The summed E-state index contributed by atoms with van der Waals surface area (Å²) in [6.07, 6.45) is 1.22. The van der Waals surface area contributed by atoms with Crippen LogP contribution in [-0.4, -0.2) is 73.4 Å². The lowest BCUT2D eigenvalue weighted by molar-refractivity contribution is 0.167. The van der Waals surface area contributed by atoms with E-state index in [0.717, 1.165) is 39.3 Å². The molecule has 0 saturated carbocycles. The van der Waals surface area contributed by atoms with Crippen LogP contribution in [0.2, 0.25) is 0 Å². The van der Waals surface area contributed by atoms with Crippen molar-refractivity contribution in [3.05, 3.63) is 0 Å². The van der Waals surface area contributed by atoms with Crippen molar-refractivity contribution in [1.29, 1.82) is 0 Å². The van der Waals surface area contributed by atoms with Gasteiger partial charge in [0.15, 0.2) is 0 Å².